The molecule has 0 fully saturated rings. The highest BCUT2D eigenvalue weighted by Crippen LogP contribution is 2.32. The Morgan fingerprint density at radius 2 is 2.08 bits per heavy atom. The van der Waals surface area contributed by atoms with Gasteiger partial charge in [0.15, 0.2) is 0 Å². The maximum absolute atomic E-state index is 9.61. The van der Waals surface area contributed by atoms with Crippen LogP contribution in [-0.4, -0.2) is 9.67 Å². The van der Waals surface area contributed by atoms with Gasteiger partial charge >= 0.3 is 0 Å². The lowest BCUT2D eigenvalue weighted by atomic mass is 10.2. The van der Waals surface area contributed by atoms with Crippen molar-refractivity contribution in [1.82, 2.24) is 4.57 Å². The van der Waals surface area contributed by atoms with Crippen LogP contribution in [0.25, 0.3) is 10.9 Å². The van der Waals surface area contributed by atoms with Crippen LogP contribution in [0.3, 0.4) is 0 Å². The lowest BCUT2D eigenvalue weighted by molar-refractivity contribution is 0.478. The van der Waals surface area contributed by atoms with Gasteiger partial charge in [-0.05, 0) is 34.1 Å². The summed E-state index contributed by atoms with van der Waals surface area (Å²) in [5.41, 5.74) is 1.04. The smallest absolute Gasteiger partial charge is 0.139 e. The third kappa shape index (κ3) is 0.932. The molecule has 0 atom stereocenters. The fourth-order valence-electron chi connectivity index (χ4n) is 1.31. The fourth-order valence-corrected chi connectivity index (χ4v) is 1.66. The molecular formula is C9H8BrNO. The summed E-state index contributed by atoms with van der Waals surface area (Å²) in [5, 5.41) is 10.5. The van der Waals surface area contributed by atoms with E-state index in [1.165, 1.54) is 0 Å². The molecule has 3 heteroatoms. The largest absolute Gasteiger partial charge is 0.506 e. The topological polar surface area (TPSA) is 25.2 Å². The normalized spacial score (nSPS) is 10.8. The summed E-state index contributed by atoms with van der Waals surface area (Å²) < 4.78 is 2.71. The number of benzene rings is 1. The molecule has 0 aliphatic rings. The molecular weight excluding hydrogens is 218 g/mol. The van der Waals surface area contributed by atoms with E-state index < -0.39 is 0 Å². The molecule has 12 heavy (non-hydrogen) atoms. The van der Waals surface area contributed by atoms with Crippen molar-refractivity contribution in [3.63, 3.8) is 0 Å². The Hall–Kier alpha value is -0.960. The molecule has 1 heterocycles. The summed E-state index contributed by atoms with van der Waals surface area (Å²) in [4.78, 5) is 0. The highest BCUT2D eigenvalue weighted by molar-refractivity contribution is 9.10. The molecule has 2 rings (SSSR count). The second-order valence-electron chi connectivity index (χ2n) is 2.76. The van der Waals surface area contributed by atoms with Crippen LogP contribution < -0.4 is 0 Å². The molecule has 0 saturated carbocycles. The minimum absolute atomic E-state index is 0.313. The highest BCUT2D eigenvalue weighted by Gasteiger charge is 2.05. The molecule has 0 saturated heterocycles. The SMILES string of the molecule is Cn1ccc2c(O)c(Br)ccc21. The number of fused-ring (bicyclic) bond motifs is 1. The van der Waals surface area contributed by atoms with Crippen LogP contribution in [0.2, 0.25) is 0 Å². The third-order valence-corrected chi connectivity index (χ3v) is 2.63. The Morgan fingerprint density at radius 1 is 1.33 bits per heavy atom. The number of rotatable bonds is 0. The summed E-state index contributed by atoms with van der Waals surface area (Å²) >= 11 is 3.27. The minimum Gasteiger partial charge on any atom is -0.506 e. The van der Waals surface area contributed by atoms with E-state index in [9.17, 15) is 5.11 Å². The molecule has 1 aromatic heterocycles. The van der Waals surface area contributed by atoms with Crippen LogP contribution >= 0.6 is 15.9 Å². The summed E-state index contributed by atoms with van der Waals surface area (Å²) in [7, 11) is 1.95. The van der Waals surface area contributed by atoms with Crippen molar-refractivity contribution < 1.29 is 5.11 Å². The predicted molar refractivity (Wildman–Crippen MR) is 52.3 cm³/mol. The Bertz CT molecular complexity index is 433. The molecule has 0 radical (unpaired) electrons. The van der Waals surface area contributed by atoms with Crippen LogP contribution in [0.4, 0.5) is 0 Å². The first-order valence-electron chi connectivity index (χ1n) is 3.62. The van der Waals surface area contributed by atoms with Gasteiger partial charge in [-0.2, -0.15) is 0 Å². The average molecular weight is 226 g/mol. The number of hydrogen-bond acceptors (Lipinski definition) is 1. The molecule has 62 valence electrons. The summed E-state index contributed by atoms with van der Waals surface area (Å²) in [6, 6.07) is 5.71. The number of phenols is 1. The molecule has 0 aliphatic carbocycles. The van der Waals surface area contributed by atoms with Gasteiger partial charge < -0.3 is 9.67 Å². The predicted octanol–water partition coefficient (Wildman–Crippen LogP) is 2.65. The first kappa shape index (κ1) is 7.68. The molecule has 0 aliphatic heterocycles. The number of hydrogen-bond donors (Lipinski definition) is 1. The fraction of sp³-hybridized carbons (Fsp3) is 0.111. The first-order chi connectivity index (χ1) is 5.70. The Kier molecular flexibility index (Phi) is 1.61. The van der Waals surface area contributed by atoms with Gasteiger partial charge in [-0.3, -0.25) is 0 Å². The number of aromatic hydroxyl groups is 1. The van der Waals surface area contributed by atoms with Gasteiger partial charge in [0.1, 0.15) is 5.75 Å². The molecule has 1 N–H and O–H groups in total. The van der Waals surface area contributed by atoms with Gasteiger partial charge in [-0.25, -0.2) is 0 Å². The summed E-state index contributed by atoms with van der Waals surface area (Å²) in [6.07, 6.45) is 1.93. The zero-order chi connectivity index (χ0) is 8.72. The second kappa shape index (κ2) is 2.52. The number of nitrogens with zero attached hydrogens (tertiary/aromatic N) is 1. The van der Waals surface area contributed by atoms with Crippen molar-refractivity contribution in [2.75, 3.05) is 0 Å². The van der Waals surface area contributed by atoms with Crippen LogP contribution in [0.15, 0.2) is 28.9 Å². The van der Waals surface area contributed by atoms with Gasteiger partial charge in [-0.15, -0.1) is 0 Å². The quantitative estimate of drug-likeness (QED) is 0.733. The molecule has 2 nitrogen and oxygen atoms in total. The van der Waals surface area contributed by atoms with E-state index in [0.717, 1.165) is 15.4 Å². The molecule has 0 bridgehead atoms. The van der Waals surface area contributed by atoms with E-state index in [2.05, 4.69) is 15.9 Å². The van der Waals surface area contributed by atoms with E-state index in [0.29, 0.717) is 5.75 Å². The van der Waals surface area contributed by atoms with E-state index >= 15 is 0 Å². The van der Waals surface area contributed by atoms with E-state index in [4.69, 9.17) is 0 Å². The Balaban J connectivity index is 2.93. The standard InChI is InChI=1S/C9H8BrNO/c1-11-5-4-6-8(11)3-2-7(10)9(6)12/h2-5,12H,1H3. The van der Waals surface area contributed by atoms with Gasteiger partial charge in [0.25, 0.3) is 0 Å². The lowest BCUT2D eigenvalue weighted by Crippen LogP contribution is -1.82. The highest BCUT2D eigenvalue weighted by atomic mass is 79.9. The summed E-state index contributed by atoms with van der Waals surface area (Å²) in [5.74, 6) is 0.313. The summed E-state index contributed by atoms with van der Waals surface area (Å²) in [6.45, 7) is 0. The lowest BCUT2D eigenvalue weighted by Gasteiger charge is -1.99. The van der Waals surface area contributed by atoms with Crippen LogP contribution in [0.5, 0.6) is 5.75 Å². The molecule has 1 aromatic carbocycles. The van der Waals surface area contributed by atoms with Crippen molar-refractivity contribution in [3.8, 4) is 5.75 Å². The van der Waals surface area contributed by atoms with Crippen molar-refractivity contribution in [1.29, 1.82) is 0 Å². The van der Waals surface area contributed by atoms with Gasteiger partial charge in [0, 0.05) is 18.6 Å². The maximum atomic E-state index is 9.61. The number of aromatic nitrogens is 1. The van der Waals surface area contributed by atoms with Crippen LogP contribution in [0, 0.1) is 0 Å². The first-order valence-corrected chi connectivity index (χ1v) is 4.42. The monoisotopic (exact) mass is 225 g/mol. The van der Waals surface area contributed by atoms with Gasteiger partial charge in [0.2, 0.25) is 0 Å². The minimum atomic E-state index is 0.313. The molecule has 0 unspecified atom stereocenters. The Labute approximate surface area is 78.6 Å². The zero-order valence-electron chi connectivity index (χ0n) is 6.58. The molecule has 0 amide bonds. The second-order valence-corrected chi connectivity index (χ2v) is 3.61. The van der Waals surface area contributed by atoms with E-state index in [-0.39, 0.29) is 0 Å². The molecule has 2 aromatic rings. The van der Waals surface area contributed by atoms with E-state index in [1.54, 1.807) is 0 Å². The Morgan fingerprint density at radius 3 is 2.83 bits per heavy atom. The molecule has 0 spiro atoms. The maximum Gasteiger partial charge on any atom is 0.139 e. The van der Waals surface area contributed by atoms with Crippen LogP contribution in [-0.2, 0) is 7.05 Å². The van der Waals surface area contributed by atoms with Crippen molar-refractivity contribution >= 4 is 26.8 Å². The zero-order valence-corrected chi connectivity index (χ0v) is 8.17. The van der Waals surface area contributed by atoms with Gasteiger partial charge in [0.05, 0.1) is 9.99 Å². The number of aryl methyl sites for hydroxylation is 1. The number of halogens is 1. The van der Waals surface area contributed by atoms with Gasteiger partial charge in [-0.1, -0.05) is 0 Å². The number of phenolic OH excluding ortho intramolecular Hbond substituents is 1. The van der Waals surface area contributed by atoms with Crippen LogP contribution in [0.1, 0.15) is 0 Å². The van der Waals surface area contributed by atoms with Crippen molar-refractivity contribution in [3.05, 3.63) is 28.9 Å². The average Bonchev–Trinajstić information content (AvgIpc) is 2.41. The van der Waals surface area contributed by atoms with Crippen molar-refractivity contribution in [2.24, 2.45) is 7.05 Å². The third-order valence-electron chi connectivity index (χ3n) is 1.99. The van der Waals surface area contributed by atoms with Crippen molar-refractivity contribution in [2.45, 2.75) is 0 Å². The van der Waals surface area contributed by atoms with E-state index in [1.807, 2.05) is 36.0 Å².